The Kier molecular flexibility index (Phi) is 4.30. The van der Waals surface area contributed by atoms with Gasteiger partial charge in [-0.25, -0.2) is 0 Å². The molecule has 2 rings (SSSR count). The number of nitrogens with zero attached hydrogens (tertiary/aromatic N) is 2. The zero-order chi connectivity index (χ0) is 13.3. The molecule has 4 heteroatoms. The first-order valence-electron chi connectivity index (χ1n) is 6.49. The molecule has 1 aliphatic rings. The number of hydrogen-bond acceptors (Lipinski definition) is 3. The molecule has 3 nitrogen and oxygen atoms in total. The fraction of sp³-hybridized carbons (Fsp3) is 0.571. The Hall–Kier alpha value is -0.580. The second-order valence-corrected chi connectivity index (χ2v) is 6.12. The van der Waals surface area contributed by atoms with Crippen molar-refractivity contribution in [2.45, 2.75) is 25.9 Å². The molecular weight excluding hydrogens is 290 g/mol. The highest BCUT2D eigenvalue weighted by molar-refractivity contribution is 9.10. The van der Waals surface area contributed by atoms with E-state index in [0.29, 0.717) is 6.04 Å². The van der Waals surface area contributed by atoms with Crippen LogP contribution in [0.1, 0.15) is 25.5 Å². The van der Waals surface area contributed by atoms with Crippen LogP contribution in [0.3, 0.4) is 0 Å². The monoisotopic (exact) mass is 311 g/mol. The van der Waals surface area contributed by atoms with Gasteiger partial charge >= 0.3 is 0 Å². The van der Waals surface area contributed by atoms with E-state index in [4.69, 9.17) is 5.73 Å². The van der Waals surface area contributed by atoms with E-state index >= 15 is 0 Å². The van der Waals surface area contributed by atoms with Crippen molar-refractivity contribution < 1.29 is 0 Å². The average molecular weight is 312 g/mol. The molecule has 1 heterocycles. The summed E-state index contributed by atoms with van der Waals surface area (Å²) in [6, 6.07) is 7.18. The van der Waals surface area contributed by atoms with Crippen molar-refractivity contribution in [2.75, 3.05) is 31.6 Å². The SMILES string of the molecule is CC(N)c1ccc(N2CCN(C)C(C)C2)cc1Br. The van der Waals surface area contributed by atoms with Gasteiger partial charge in [-0.05, 0) is 38.6 Å². The van der Waals surface area contributed by atoms with Crippen LogP contribution in [0.15, 0.2) is 22.7 Å². The normalized spacial score (nSPS) is 23.2. The summed E-state index contributed by atoms with van der Waals surface area (Å²) in [7, 11) is 2.19. The van der Waals surface area contributed by atoms with Gasteiger partial charge in [-0.3, -0.25) is 0 Å². The number of anilines is 1. The van der Waals surface area contributed by atoms with E-state index in [9.17, 15) is 0 Å². The highest BCUT2D eigenvalue weighted by atomic mass is 79.9. The van der Waals surface area contributed by atoms with Crippen LogP contribution in [0, 0.1) is 0 Å². The van der Waals surface area contributed by atoms with Crippen LogP contribution >= 0.6 is 15.9 Å². The van der Waals surface area contributed by atoms with Crippen LogP contribution in [0.5, 0.6) is 0 Å². The van der Waals surface area contributed by atoms with Crippen LogP contribution in [-0.4, -0.2) is 37.6 Å². The summed E-state index contributed by atoms with van der Waals surface area (Å²) >= 11 is 3.62. The smallest absolute Gasteiger partial charge is 0.0378 e. The second-order valence-electron chi connectivity index (χ2n) is 5.27. The van der Waals surface area contributed by atoms with Crippen molar-refractivity contribution in [1.29, 1.82) is 0 Å². The van der Waals surface area contributed by atoms with Crippen molar-refractivity contribution in [1.82, 2.24) is 4.90 Å². The van der Waals surface area contributed by atoms with Crippen LogP contribution in [0.4, 0.5) is 5.69 Å². The summed E-state index contributed by atoms with van der Waals surface area (Å²) in [5.74, 6) is 0. The van der Waals surface area contributed by atoms with Crippen molar-refractivity contribution in [3.63, 3.8) is 0 Å². The van der Waals surface area contributed by atoms with Crippen LogP contribution < -0.4 is 10.6 Å². The van der Waals surface area contributed by atoms with E-state index in [2.05, 4.69) is 57.9 Å². The molecule has 0 bridgehead atoms. The summed E-state index contributed by atoms with van der Waals surface area (Å²) in [6.07, 6.45) is 0. The topological polar surface area (TPSA) is 32.5 Å². The first kappa shape index (κ1) is 13.8. The van der Waals surface area contributed by atoms with Gasteiger partial charge in [0.25, 0.3) is 0 Å². The molecule has 0 aliphatic carbocycles. The second kappa shape index (κ2) is 5.59. The average Bonchev–Trinajstić information content (AvgIpc) is 2.32. The van der Waals surface area contributed by atoms with E-state index in [1.54, 1.807) is 0 Å². The Morgan fingerprint density at radius 2 is 2.11 bits per heavy atom. The quantitative estimate of drug-likeness (QED) is 0.911. The lowest BCUT2D eigenvalue weighted by Crippen LogP contribution is -2.50. The maximum atomic E-state index is 5.93. The minimum absolute atomic E-state index is 0.0693. The van der Waals surface area contributed by atoms with Gasteiger partial charge in [-0.2, -0.15) is 0 Å². The van der Waals surface area contributed by atoms with Gasteiger partial charge < -0.3 is 15.5 Å². The number of benzene rings is 1. The minimum atomic E-state index is 0.0693. The molecule has 100 valence electrons. The maximum absolute atomic E-state index is 5.93. The number of halogens is 1. The zero-order valence-corrected chi connectivity index (χ0v) is 12.9. The molecule has 2 atom stereocenters. The Morgan fingerprint density at radius 3 is 2.67 bits per heavy atom. The molecule has 0 spiro atoms. The molecule has 1 aromatic carbocycles. The summed E-state index contributed by atoms with van der Waals surface area (Å²) in [4.78, 5) is 4.85. The van der Waals surface area contributed by atoms with Crippen molar-refractivity contribution >= 4 is 21.6 Å². The highest BCUT2D eigenvalue weighted by Crippen LogP contribution is 2.28. The lowest BCUT2D eigenvalue weighted by atomic mass is 10.1. The predicted molar refractivity (Wildman–Crippen MR) is 81.0 cm³/mol. The lowest BCUT2D eigenvalue weighted by Gasteiger charge is -2.39. The molecule has 1 saturated heterocycles. The van der Waals surface area contributed by atoms with Crippen LogP contribution in [-0.2, 0) is 0 Å². The van der Waals surface area contributed by atoms with Gasteiger partial charge in [-0.15, -0.1) is 0 Å². The highest BCUT2D eigenvalue weighted by Gasteiger charge is 2.21. The Balaban J connectivity index is 2.17. The fourth-order valence-corrected chi connectivity index (χ4v) is 3.09. The molecule has 0 aromatic heterocycles. The molecule has 1 aliphatic heterocycles. The molecule has 0 saturated carbocycles. The van der Waals surface area contributed by atoms with E-state index in [1.165, 1.54) is 11.3 Å². The first-order chi connectivity index (χ1) is 8.49. The summed E-state index contributed by atoms with van der Waals surface area (Å²) in [6.45, 7) is 7.58. The summed E-state index contributed by atoms with van der Waals surface area (Å²) in [5, 5.41) is 0. The Labute approximate surface area is 118 Å². The van der Waals surface area contributed by atoms with Crippen LogP contribution in [0.2, 0.25) is 0 Å². The zero-order valence-electron chi connectivity index (χ0n) is 11.4. The van der Waals surface area contributed by atoms with E-state index in [1.807, 2.05) is 6.92 Å². The molecular formula is C14H22BrN3. The summed E-state index contributed by atoms with van der Waals surface area (Å²) in [5.41, 5.74) is 8.38. The van der Waals surface area contributed by atoms with Crippen molar-refractivity contribution in [3.8, 4) is 0 Å². The Morgan fingerprint density at radius 1 is 1.39 bits per heavy atom. The van der Waals surface area contributed by atoms with Gasteiger partial charge in [0.15, 0.2) is 0 Å². The first-order valence-corrected chi connectivity index (χ1v) is 7.28. The van der Waals surface area contributed by atoms with Gasteiger partial charge in [0.05, 0.1) is 0 Å². The summed E-state index contributed by atoms with van der Waals surface area (Å²) < 4.78 is 1.11. The fourth-order valence-electron chi connectivity index (χ4n) is 2.36. The number of piperazine rings is 1. The van der Waals surface area contributed by atoms with Crippen molar-refractivity contribution in [3.05, 3.63) is 28.2 Å². The third-order valence-corrected chi connectivity index (χ3v) is 4.49. The number of nitrogens with two attached hydrogens (primary N) is 1. The molecule has 1 fully saturated rings. The predicted octanol–water partition coefficient (Wildman–Crippen LogP) is 2.61. The van der Waals surface area contributed by atoms with E-state index < -0.39 is 0 Å². The van der Waals surface area contributed by atoms with Gasteiger partial charge in [0.1, 0.15) is 0 Å². The third kappa shape index (κ3) is 2.87. The van der Waals surface area contributed by atoms with Crippen molar-refractivity contribution in [2.24, 2.45) is 5.73 Å². The molecule has 2 unspecified atom stereocenters. The van der Waals surface area contributed by atoms with Gasteiger partial charge in [0.2, 0.25) is 0 Å². The van der Waals surface area contributed by atoms with Crippen LogP contribution in [0.25, 0.3) is 0 Å². The lowest BCUT2D eigenvalue weighted by molar-refractivity contribution is 0.234. The van der Waals surface area contributed by atoms with Gasteiger partial charge in [0, 0.05) is 41.9 Å². The van der Waals surface area contributed by atoms with E-state index in [0.717, 1.165) is 24.1 Å². The molecule has 18 heavy (non-hydrogen) atoms. The maximum Gasteiger partial charge on any atom is 0.0378 e. The van der Waals surface area contributed by atoms with E-state index in [-0.39, 0.29) is 6.04 Å². The van der Waals surface area contributed by atoms with Gasteiger partial charge in [-0.1, -0.05) is 22.0 Å². The molecule has 1 aromatic rings. The molecule has 0 radical (unpaired) electrons. The Bertz CT molecular complexity index is 420. The number of rotatable bonds is 2. The molecule has 2 N–H and O–H groups in total. The number of hydrogen-bond donors (Lipinski definition) is 1. The standard InChI is InChI=1S/C14H22BrN3/c1-10-9-18(7-6-17(10)3)12-4-5-13(11(2)16)14(15)8-12/h4-5,8,10-11H,6-7,9,16H2,1-3H3. The largest absolute Gasteiger partial charge is 0.369 e. The minimum Gasteiger partial charge on any atom is -0.369 e. The third-order valence-electron chi connectivity index (χ3n) is 3.80. The molecule has 0 amide bonds. The number of likely N-dealkylation sites (N-methyl/N-ethyl adjacent to an activating group) is 1.